The number of para-hydroxylation sites is 1. The zero-order valence-corrected chi connectivity index (χ0v) is 15.3. The fourth-order valence-corrected chi connectivity index (χ4v) is 3.83. The molecule has 0 radical (unpaired) electrons. The minimum Gasteiger partial charge on any atom is -0.339 e. The minimum absolute atomic E-state index is 0.0586. The molecular weight excluding hydrogens is 342 g/mol. The number of aromatic nitrogens is 2. The molecule has 7 heteroatoms. The second-order valence-electron chi connectivity index (χ2n) is 7.17. The molecule has 2 N–H and O–H groups in total. The van der Waals surface area contributed by atoms with Crippen LogP contribution in [0.2, 0.25) is 0 Å². The van der Waals surface area contributed by atoms with E-state index in [-0.39, 0.29) is 17.9 Å². The predicted molar refractivity (Wildman–Crippen MR) is 103 cm³/mol. The van der Waals surface area contributed by atoms with Crippen LogP contribution in [-0.2, 0) is 4.79 Å². The van der Waals surface area contributed by atoms with E-state index < -0.39 is 6.04 Å². The van der Waals surface area contributed by atoms with E-state index in [2.05, 4.69) is 15.7 Å². The number of amides is 2. The van der Waals surface area contributed by atoms with Crippen molar-refractivity contribution in [3.63, 3.8) is 0 Å². The summed E-state index contributed by atoms with van der Waals surface area (Å²) in [4.78, 5) is 27.2. The Hall–Kier alpha value is -2.67. The van der Waals surface area contributed by atoms with Gasteiger partial charge in [0.2, 0.25) is 5.91 Å². The van der Waals surface area contributed by atoms with Gasteiger partial charge in [0.25, 0.3) is 5.91 Å². The Morgan fingerprint density at radius 3 is 2.78 bits per heavy atom. The fourth-order valence-electron chi connectivity index (χ4n) is 3.83. The molecule has 2 aliphatic rings. The highest BCUT2D eigenvalue weighted by molar-refractivity contribution is 6.02. The monoisotopic (exact) mass is 367 g/mol. The van der Waals surface area contributed by atoms with Gasteiger partial charge >= 0.3 is 0 Å². The maximum atomic E-state index is 12.8. The third-order valence-electron chi connectivity index (χ3n) is 5.30. The summed E-state index contributed by atoms with van der Waals surface area (Å²) in [6.07, 6.45) is 5.53. The largest absolute Gasteiger partial charge is 0.339 e. The number of rotatable bonds is 4. The molecule has 1 aromatic heterocycles. The van der Waals surface area contributed by atoms with Crippen molar-refractivity contribution in [2.75, 3.05) is 24.5 Å². The lowest BCUT2D eigenvalue weighted by Gasteiger charge is -2.32. The number of nitrogens with zero attached hydrogens (tertiary/aromatic N) is 3. The van der Waals surface area contributed by atoms with Gasteiger partial charge in [-0.05, 0) is 50.4 Å². The zero-order chi connectivity index (χ0) is 18.6. The van der Waals surface area contributed by atoms with Gasteiger partial charge in [-0.15, -0.1) is 0 Å². The second-order valence-corrected chi connectivity index (χ2v) is 7.17. The molecule has 2 aliphatic heterocycles. The average molecular weight is 367 g/mol. The number of nitrogens with one attached hydrogen (secondary N) is 2. The van der Waals surface area contributed by atoms with E-state index in [9.17, 15) is 9.59 Å². The maximum Gasteiger partial charge on any atom is 0.272 e. The minimum atomic E-state index is -0.507. The topological polar surface area (TPSA) is 79.3 Å². The molecule has 7 nitrogen and oxygen atoms in total. The summed E-state index contributed by atoms with van der Waals surface area (Å²) in [6.45, 7) is 2.58. The van der Waals surface area contributed by atoms with Crippen molar-refractivity contribution in [1.82, 2.24) is 20.4 Å². The van der Waals surface area contributed by atoms with Crippen LogP contribution in [0.5, 0.6) is 0 Å². The summed E-state index contributed by atoms with van der Waals surface area (Å²) >= 11 is 0. The highest BCUT2D eigenvalue weighted by Crippen LogP contribution is 2.21. The third kappa shape index (κ3) is 3.88. The zero-order valence-electron chi connectivity index (χ0n) is 15.3. The van der Waals surface area contributed by atoms with Crippen LogP contribution in [0.25, 0.3) is 0 Å². The smallest absolute Gasteiger partial charge is 0.272 e. The molecule has 3 heterocycles. The molecule has 142 valence electrons. The van der Waals surface area contributed by atoms with Gasteiger partial charge < -0.3 is 15.5 Å². The van der Waals surface area contributed by atoms with Gasteiger partial charge in [-0.2, -0.15) is 5.10 Å². The van der Waals surface area contributed by atoms with Crippen molar-refractivity contribution >= 4 is 17.5 Å². The summed E-state index contributed by atoms with van der Waals surface area (Å²) in [5.74, 6) is -0.345. The van der Waals surface area contributed by atoms with Gasteiger partial charge in [0.1, 0.15) is 11.7 Å². The molecule has 1 aromatic carbocycles. The summed E-state index contributed by atoms with van der Waals surface area (Å²) in [7, 11) is 0. The van der Waals surface area contributed by atoms with Crippen molar-refractivity contribution in [3.05, 3.63) is 48.3 Å². The number of carbonyl (C=O) groups excluding carboxylic acids is 2. The van der Waals surface area contributed by atoms with Gasteiger partial charge in [0, 0.05) is 25.0 Å². The van der Waals surface area contributed by atoms with Crippen molar-refractivity contribution < 1.29 is 9.59 Å². The molecule has 4 rings (SSSR count). The van der Waals surface area contributed by atoms with Gasteiger partial charge in [-0.25, -0.2) is 0 Å². The maximum absolute atomic E-state index is 12.8. The second kappa shape index (κ2) is 7.92. The van der Waals surface area contributed by atoms with Crippen molar-refractivity contribution in [2.45, 2.75) is 37.8 Å². The standard InChI is InChI=1S/C20H25N5O2/c26-19(17-10-13-25(23-17)16-8-4-11-21-14-16)22-18-9-5-12-24(20(18)27)15-6-2-1-3-7-15/h1-3,6-7,10,13,16,18,21H,4-5,8-9,11-12,14H2,(H,22,26). The van der Waals surface area contributed by atoms with Crippen LogP contribution in [0.4, 0.5) is 5.69 Å². The first kappa shape index (κ1) is 17.7. The first-order valence-corrected chi connectivity index (χ1v) is 9.65. The summed E-state index contributed by atoms with van der Waals surface area (Å²) in [6, 6.07) is 11.1. The third-order valence-corrected chi connectivity index (χ3v) is 5.30. The van der Waals surface area contributed by atoms with Gasteiger partial charge in [0.15, 0.2) is 0 Å². The Morgan fingerprint density at radius 1 is 1.15 bits per heavy atom. The molecule has 0 aliphatic carbocycles. The van der Waals surface area contributed by atoms with E-state index in [0.29, 0.717) is 18.7 Å². The normalized spacial score (nSPS) is 23.3. The van der Waals surface area contributed by atoms with Crippen molar-refractivity contribution in [1.29, 1.82) is 0 Å². The quantitative estimate of drug-likeness (QED) is 0.863. The SMILES string of the molecule is O=C(NC1CCCN(c2ccccc2)C1=O)c1ccn(C2CCCNC2)n1. The van der Waals surface area contributed by atoms with Crippen LogP contribution in [0.3, 0.4) is 0 Å². The van der Waals surface area contributed by atoms with Crippen molar-refractivity contribution in [2.24, 2.45) is 0 Å². The van der Waals surface area contributed by atoms with E-state index in [0.717, 1.165) is 38.0 Å². The lowest BCUT2D eigenvalue weighted by molar-refractivity contribution is -0.121. The molecule has 2 unspecified atom stereocenters. The average Bonchev–Trinajstić information content (AvgIpc) is 3.21. The predicted octanol–water partition coefficient (Wildman–Crippen LogP) is 1.73. The number of hydrogen-bond donors (Lipinski definition) is 2. The molecule has 0 saturated carbocycles. The van der Waals surface area contributed by atoms with Crippen LogP contribution in [0.1, 0.15) is 42.2 Å². The molecule has 27 heavy (non-hydrogen) atoms. The number of benzene rings is 1. The van der Waals surface area contributed by atoms with Crippen LogP contribution < -0.4 is 15.5 Å². The molecule has 2 amide bonds. The Balaban J connectivity index is 1.41. The fraction of sp³-hybridized carbons (Fsp3) is 0.450. The van der Waals surface area contributed by atoms with Crippen LogP contribution in [-0.4, -0.2) is 47.3 Å². The van der Waals surface area contributed by atoms with E-state index in [4.69, 9.17) is 0 Å². The molecule has 2 saturated heterocycles. The molecule has 2 aromatic rings. The van der Waals surface area contributed by atoms with Crippen LogP contribution in [0.15, 0.2) is 42.6 Å². The van der Waals surface area contributed by atoms with E-state index >= 15 is 0 Å². The first-order valence-electron chi connectivity index (χ1n) is 9.65. The Kier molecular flexibility index (Phi) is 5.20. The van der Waals surface area contributed by atoms with Gasteiger partial charge in [0.05, 0.1) is 6.04 Å². The number of piperidine rings is 2. The lowest BCUT2D eigenvalue weighted by Crippen LogP contribution is -2.52. The Bertz CT molecular complexity index is 798. The van der Waals surface area contributed by atoms with Crippen LogP contribution >= 0.6 is 0 Å². The van der Waals surface area contributed by atoms with Gasteiger partial charge in [-0.3, -0.25) is 14.3 Å². The van der Waals surface area contributed by atoms with E-state index in [1.165, 1.54) is 0 Å². The lowest BCUT2D eigenvalue weighted by atomic mass is 10.0. The summed E-state index contributed by atoms with van der Waals surface area (Å²) in [5.41, 5.74) is 1.24. The number of carbonyl (C=O) groups is 2. The first-order chi connectivity index (χ1) is 13.2. The van der Waals surface area contributed by atoms with Gasteiger partial charge in [-0.1, -0.05) is 18.2 Å². The Morgan fingerprint density at radius 2 is 2.00 bits per heavy atom. The highest BCUT2D eigenvalue weighted by Gasteiger charge is 2.31. The van der Waals surface area contributed by atoms with Crippen LogP contribution in [0, 0.1) is 0 Å². The Labute approximate surface area is 158 Å². The number of hydrogen-bond acceptors (Lipinski definition) is 4. The molecule has 2 fully saturated rings. The molecule has 0 bridgehead atoms. The van der Waals surface area contributed by atoms with E-state index in [1.807, 2.05) is 41.2 Å². The molecule has 0 spiro atoms. The summed E-state index contributed by atoms with van der Waals surface area (Å²) in [5, 5.41) is 10.7. The molecular formula is C20H25N5O2. The highest BCUT2D eigenvalue weighted by atomic mass is 16.2. The van der Waals surface area contributed by atoms with E-state index in [1.54, 1.807) is 11.0 Å². The summed E-state index contributed by atoms with van der Waals surface area (Å²) < 4.78 is 1.86. The number of anilines is 1. The molecule has 2 atom stereocenters. The van der Waals surface area contributed by atoms with Crippen molar-refractivity contribution in [3.8, 4) is 0 Å².